The van der Waals surface area contributed by atoms with E-state index in [2.05, 4.69) is 19.2 Å². The molecule has 0 saturated heterocycles. The van der Waals surface area contributed by atoms with Gasteiger partial charge in [-0.2, -0.15) is 0 Å². The van der Waals surface area contributed by atoms with Crippen LogP contribution in [0.1, 0.15) is 37.2 Å². The standard InChI is InChI=1S/C13H20N2O3/c1-10(2)5-3-7-14-13(18)11-6-4-8-15(11)9-12(16)17/h4,6,8,10H,3,5,7,9H2,1-2H3,(H,14,18)(H,16,17). The first kappa shape index (κ1) is 14.3. The fraction of sp³-hybridized carbons (Fsp3) is 0.538. The third-order valence-corrected chi connectivity index (χ3v) is 2.61. The first-order valence-corrected chi connectivity index (χ1v) is 6.16. The van der Waals surface area contributed by atoms with Crippen LogP contribution in [0.5, 0.6) is 0 Å². The van der Waals surface area contributed by atoms with Gasteiger partial charge in [-0.3, -0.25) is 9.59 Å². The number of amides is 1. The normalized spacial score (nSPS) is 10.6. The molecule has 100 valence electrons. The van der Waals surface area contributed by atoms with E-state index in [-0.39, 0.29) is 12.5 Å². The molecule has 0 unspecified atom stereocenters. The molecule has 1 aromatic rings. The molecule has 0 fully saturated rings. The highest BCUT2D eigenvalue weighted by atomic mass is 16.4. The predicted molar refractivity (Wildman–Crippen MR) is 68.5 cm³/mol. The average Bonchev–Trinajstić information content (AvgIpc) is 2.71. The summed E-state index contributed by atoms with van der Waals surface area (Å²) in [5, 5.41) is 11.5. The number of carbonyl (C=O) groups excluding carboxylic acids is 1. The lowest BCUT2D eigenvalue weighted by Crippen LogP contribution is -2.27. The number of nitrogens with one attached hydrogen (secondary N) is 1. The van der Waals surface area contributed by atoms with Gasteiger partial charge in [-0.25, -0.2) is 0 Å². The molecule has 1 aromatic heterocycles. The highest BCUT2D eigenvalue weighted by Gasteiger charge is 2.11. The van der Waals surface area contributed by atoms with E-state index in [4.69, 9.17) is 5.11 Å². The third kappa shape index (κ3) is 4.61. The zero-order valence-corrected chi connectivity index (χ0v) is 10.8. The van der Waals surface area contributed by atoms with Gasteiger partial charge in [0.2, 0.25) is 0 Å². The summed E-state index contributed by atoms with van der Waals surface area (Å²) in [7, 11) is 0. The molecule has 0 bridgehead atoms. The van der Waals surface area contributed by atoms with Gasteiger partial charge in [0.1, 0.15) is 12.2 Å². The van der Waals surface area contributed by atoms with Crippen LogP contribution in [0.4, 0.5) is 0 Å². The highest BCUT2D eigenvalue weighted by Crippen LogP contribution is 2.04. The smallest absolute Gasteiger partial charge is 0.323 e. The number of carboxylic acid groups (broad SMARTS) is 1. The molecule has 5 heteroatoms. The van der Waals surface area contributed by atoms with Crippen molar-refractivity contribution in [3.8, 4) is 0 Å². The molecule has 0 spiro atoms. The van der Waals surface area contributed by atoms with Crippen molar-refractivity contribution in [2.75, 3.05) is 6.54 Å². The van der Waals surface area contributed by atoms with Crippen LogP contribution in [0.2, 0.25) is 0 Å². The number of carbonyl (C=O) groups is 2. The van der Waals surface area contributed by atoms with Crippen LogP contribution >= 0.6 is 0 Å². The summed E-state index contributed by atoms with van der Waals surface area (Å²) in [5.74, 6) is -0.553. The SMILES string of the molecule is CC(C)CCCNC(=O)c1cccn1CC(=O)O. The molecule has 0 aliphatic heterocycles. The Morgan fingerprint density at radius 3 is 2.78 bits per heavy atom. The number of hydrogen-bond donors (Lipinski definition) is 2. The molecular formula is C13H20N2O3. The second-order valence-corrected chi connectivity index (χ2v) is 4.71. The molecular weight excluding hydrogens is 232 g/mol. The maximum Gasteiger partial charge on any atom is 0.323 e. The molecule has 18 heavy (non-hydrogen) atoms. The minimum Gasteiger partial charge on any atom is -0.480 e. The molecule has 0 atom stereocenters. The Kier molecular flexibility index (Phi) is 5.42. The van der Waals surface area contributed by atoms with Crippen molar-refractivity contribution in [3.05, 3.63) is 24.0 Å². The molecule has 5 nitrogen and oxygen atoms in total. The van der Waals surface area contributed by atoms with Crippen molar-refractivity contribution in [2.45, 2.75) is 33.2 Å². The largest absolute Gasteiger partial charge is 0.480 e. The summed E-state index contributed by atoms with van der Waals surface area (Å²) in [6.45, 7) is 4.71. The van der Waals surface area contributed by atoms with Gasteiger partial charge in [0, 0.05) is 12.7 Å². The third-order valence-electron chi connectivity index (χ3n) is 2.61. The topological polar surface area (TPSA) is 71.3 Å². The van der Waals surface area contributed by atoms with Crippen molar-refractivity contribution in [1.82, 2.24) is 9.88 Å². The van der Waals surface area contributed by atoms with Crippen molar-refractivity contribution in [2.24, 2.45) is 5.92 Å². The Labute approximate surface area is 107 Å². The van der Waals surface area contributed by atoms with Crippen LogP contribution in [0.3, 0.4) is 0 Å². The molecule has 1 heterocycles. The van der Waals surface area contributed by atoms with Gasteiger partial charge in [0.05, 0.1) is 0 Å². The number of carboxylic acids is 1. The summed E-state index contributed by atoms with van der Waals surface area (Å²) in [5.41, 5.74) is 0.391. The first-order valence-electron chi connectivity index (χ1n) is 6.16. The molecule has 0 aliphatic carbocycles. The van der Waals surface area contributed by atoms with Crippen molar-refractivity contribution < 1.29 is 14.7 Å². The second-order valence-electron chi connectivity index (χ2n) is 4.71. The van der Waals surface area contributed by atoms with E-state index < -0.39 is 5.97 Å². The maximum absolute atomic E-state index is 11.8. The quantitative estimate of drug-likeness (QED) is 0.726. The van der Waals surface area contributed by atoms with Gasteiger partial charge in [0.15, 0.2) is 0 Å². The molecule has 2 N–H and O–H groups in total. The maximum atomic E-state index is 11.8. The first-order chi connectivity index (χ1) is 8.50. The molecule has 1 amide bonds. The van der Waals surface area contributed by atoms with E-state index in [0.29, 0.717) is 18.2 Å². The molecule has 0 aromatic carbocycles. The van der Waals surface area contributed by atoms with Crippen molar-refractivity contribution in [1.29, 1.82) is 0 Å². The lowest BCUT2D eigenvalue weighted by molar-refractivity contribution is -0.137. The van der Waals surface area contributed by atoms with Crippen LogP contribution in [-0.4, -0.2) is 28.1 Å². The number of aliphatic carboxylic acids is 1. The van der Waals surface area contributed by atoms with Crippen molar-refractivity contribution in [3.63, 3.8) is 0 Å². The Morgan fingerprint density at radius 2 is 2.17 bits per heavy atom. The lowest BCUT2D eigenvalue weighted by atomic mass is 10.1. The van der Waals surface area contributed by atoms with E-state index >= 15 is 0 Å². The number of hydrogen-bond acceptors (Lipinski definition) is 2. The second kappa shape index (κ2) is 6.83. The van der Waals surface area contributed by atoms with Gasteiger partial charge < -0.3 is 15.0 Å². The van der Waals surface area contributed by atoms with Crippen LogP contribution in [0.15, 0.2) is 18.3 Å². The van der Waals surface area contributed by atoms with E-state index in [0.717, 1.165) is 12.8 Å². The van der Waals surface area contributed by atoms with Gasteiger partial charge in [-0.1, -0.05) is 13.8 Å². The molecule has 0 saturated carbocycles. The van der Waals surface area contributed by atoms with Crippen LogP contribution in [-0.2, 0) is 11.3 Å². The summed E-state index contributed by atoms with van der Waals surface area (Å²) in [6, 6.07) is 3.30. The lowest BCUT2D eigenvalue weighted by Gasteiger charge is -2.08. The minimum absolute atomic E-state index is 0.193. The van der Waals surface area contributed by atoms with Crippen LogP contribution in [0.25, 0.3) is 0 Å². The number of nitrogens with zero attached hydrogens (tertiary/aromatic N) is 1. The molecule has 0 radical (unpaired) electrons. The zero-order chi connectivity index (χ0) is 13.5. The summed E-state index contributed by atoms with van der Waals surface area (Å²) < 4.78 is 1.43. The summed E-state index contributed by atoms with van der Waals surface area (Å²) >= 11 is 0. The minimum atomic E-state index is -0.958. The van der Waals surface area contributed by atoms with Crippen molar-refractivity contribution >= 4 is 11.9 Å². The van der Waals surface area contributed by atoms with Gasteiger partial charge in [0.25, 0.3) is 5.91 Å². The molecule has 0 aliphatic rings. The van der Waals surface area contributed by atoms with Crippen LogP contribution in [0, 0.1) is 5.92 Å². The average molecular weight is 252 g/mol. The summed E-state index contributed by atoms with van der Waals surface area (Å²) in [6.07, 6.45) is 3.59. The van der Waals surface area contributed by atoms with Gasteiger partial charge in [-0.15, -0.1) is 0 Å². The zero-order valence-electron chi connectivity index (χ0n) is 10.8. The molecule has 1 rings (SSSR count). The Morgan fingerprint density at radius 1 is 1.44 bits per heavy atom. The highest BCUT2D eigenvalue weighted by molar-refractivity contribution is 5.93. The predicted octanol–water partition coefficient (Wildman–Crippen LogP) is 1.74. The Hall–Kier alpha value is -1.78. The fourth-order valence-corrected chi connectivity index (χ4v) is 1.71. The van der Waals surface area contributed by atoms with E-state index in [1.807, 2.05) is 0 Å². The van der Waals surface area contributed by atoms with E-state index in [1.165, 1.54) is 4.57 Å². The van der Waals surface area contributed by atoms with Gasteiger partial charge >= 0.3 is 5.97 Å². The Balaban J connectivity index is 2.46. The fourth-order valence-electron chi connectivity index (χ4n) is 1.71. The van der Waals surface area contributed by atoms with Crippen LogP contribution < -0.4 is 5.32 Å². The monoisotopic (exact) mass is 252 g/mol. The number of rotatable bonds is 7. The van der Waals surface area contributed by atoms with Gasteiger partial charge in [-0.05, 0) is 30.9 Å². The van der Waals surface area contributed by atoms with E-state index in [9.17, 15) is 9.59 Å². The number of aromatic nitrogens is 1. The summed E-state index contributed by atoms with van der Waals surface area (Å²) in [4.78, 5) is 22.5. The Bertz CT molecular complexity index is 410. The van der Waals surface area contributed by atoms with E-state index in [1.54, 1.807) is 18.3 Å².